The number of rotatable bonds is 7. The Hall–Kier alpha value is -0.380. The average molecular weight is 538 g/mol. The number of carbonyl (C=O) groups excluding carboxylic acids is 2. The maximum atomic E-state index is 12.6. The van der Waals surface area contributed by atoms with Crippen LogP contribution in [0.1, 0.15) is 112 Å². The predicted molar refractivity (Wildman–Crippen MR) is 141 cm³/mol. The van der Waals surface area contributed by atoms with Gasteiger partial charge < -0.3 is 4.74 Å². The minimum atomic E-state index is -0.456. The molecule has 0 N–H and O–H groups in total. The second-order valence-corrected chi connectivity index (χ2v) is 14.1. The second-order valence-electron chi connectivity index (χ2n) is 13.6. The molecule has 3 nitrogen and oxygen atoms in total. The van der Waals surface area contributed by atoms with Gasteiger partial charge in [0.15, 0.2) is 0 Å². The Labute approximate surface area is 217 Å². The van der Waals surface area contributed by atoms with Crippen molar-refractivity contribution < 1.29 is 14.3 Å². The standard InChI is InChI=1S/C30H49BrO3/c1-19(2)7-6-8-20(3)24-11-12-25-23-10-9-22-17-21(28(33)34-27(32)18-31)13-15-29(22,4)26(23)14-16-30(24,25)5/h19-26H,6-18H2,1-5H3/t20-,21+,22+,23+,24-,25+,26+,29+,30-/m1/s1. The molecule has 0 saturated heterocycles. The Balaban J connectivity index is 1.41. The van der Waals surface area contributed by atoms with E-state index in [9.17, 15) is 9.59 Å². The van der Waals surface area contributed by atoms with Gasteiger partial charge in [0.25, 0.3) is 0 Å². The van der Waals surface area contributed by atoms with E-state index in [1.807, 2.05) is 0 Å². The normalized spacial score (nSPS) is 42.4. The Morgan fingerprint density at radius 2 is 1.62 bits per heavy atom. The lowest BCUT2D eigenvalue weighted by Crippen LogP contribution is -2.54. The molecular formula is C30H49BrO3. The Morgan fingerprint density at radius 1 is 0.912 bits per heavy atom. The highest BCUT2D eigenvalue weighted by Gasteiger charge is 2.60. The maximum Gasteiger partial charge on any atom is 0.324 e. The molecule has 9 atom stereocenters. The quantitative estimate of drug-likeness (QED) is 0.187. The molecule has 0 aromatic heterocycles. The van der Waals surface area contributed by atoms with E-state index in [2.05, 4.69) is 50.5 Å². The molecule has 0 amide bonds. The topological polar surface area (TPSA) is 43.4 Å². The van der Waals surface area contributed by atoms with Gasteiger partial charge in [0.05, 0.1) is 5.92 Å². The molecule has 4 aliphatic rings. The molecule has 4 saturated carbocycles. The third-order valence-corrected chi connectivity index (χ3v) is 12.0. The van der Waals surface area contributed by atoms with Crippen LogP contribution in [-0.4, -0.2) is 17.3 Å². The fraction of sp³-hybridized carbons (Fsp3) is 0.933. The lowest BCUT2D eigenvalue weighted by atomic mass is 9.44. The minimum absolute atomic E-state index is 0.0889. The third-order valence-electron chi connectivity index (χ3n) is 11.5. The molecule has 0 spiro atoms. The Kier molecular flexibility index (Phi) is 8.27. The molecule has 0 unspecified atom stereocenters. The van der Waals surface area contributed by atoms with Crippen LogP contribution in [0.4, 0.5) is 0 Å². The largest absolute Gasteiger partial charge is 0.392 e. The first-order valence-electron chi connectivity index (χ1n) is 14.4. The number of esters is 2. The molecule has 0 aliphatic heterocycles. The molecule has 0 bridgehead atoms. The molecule has 0 radical (unpaired) electrons. The van der Waals surface area contributed by atoms with Gasteiger partial charge in [0.2, 0.25) is 0 Å². The predicted octanol–water partition coefficient (Wildman–Crippen LogP) is 8.19. The number of fused-ring (bicyclic) bond motifs is 5. The summed E-state index contributed by atoms with van der Waals surface area (Å²) in [6.45, 7) is 12.5. The van der Waals surface area contributed by atoms with E-state index in [0.717, 1.165) is 54.8 Å². The van der Waals surface area contributed by atoms with Crippen molar-refractivity contribution in [1.82, 2.24) is 0 Å². The summed E-state index contributed by atoms with van der Waals surface area (Å²) in [6, 6.07) is 0. The van der Waals surface area contributed by atoms with Gasteiger partial charge in [-0.05, 0) is 110 Å². The molecule has 4 rings (SSSR count). The van der Waals surface area contributed by atoms with Gasteiger partial charge in [0.1, 0.15) is 5.33 Å². The monoisotopic (exact) mass is 536 g/mol. The smallest absolute Gasteiger partial charge is 0.324 e. The van der Waals surface area contributed by atoms with Crippen molar-refractivity contribution in [2.75, 3.05) is 5.33 Å². The summed E-state index contributed by atoms with van der Waals surface area (Å²) in [4.78, 5) is 24.2. The van der Waals surface area contributed by atoms with Crippen molar-refractivity contribution in [2.45, 2.75) is 112 Å². The average Bonchev–Trinajstić information content (AvgIpc) is 3.15. The number of ether oxygens (including phenoxy) is 1. The first-order chi connectivity index (χ1) is 16.1. The molecule has 34 heavy (non-hydrogen) atoms. The van der Waals surface area contributed by atoms with Crippen LogP contribution in [0.3, 0.4) is 0 Å². The van der Waals surface area contributed by atoms with Crippen molar-refractivity contribution in [3.05, 3.63) is 0 Å². The third kappa shape index (κ3) is 4.92. The fourth-order valence-electron chi connectivity index (χ4n) is 9.72. The minimum Gasteiger partial charge on any atom is -0.392 e. The van der Waals surface area contributed by atoms with Crippen LogP contribution in [0.25, 0.3) is 0 Å². The van der Waals surface area contributed by atoms with Crippen molar-refractivity contribution in [1.29, 1.82) is 0 Å². The van der Waals surface area contributed by atoms with Crippen LogP contribution in [0, 0.1) is 58.2 Å². The van der Waals surface area contributed by atoms with Gasteiger partial charge in [-0.1, -0.05) is 69.8 Å². The van der Waals surface area contributed by atoms with E-state index in [4.69, 9.17) is 4.74 Å². The van der Waals surface area contributed by atoms with Crippen LogP contribution in [0.5, 0.6) is 0 Å². The van der Waals surface area contributed by atoms with Crippen molar-refractivity contribution in [3.8, 4) is 0 Å². The summed E-state index contributed by atoms with van der Waals surface area (Å²) in [5.41, 5.74) is 0.903. The van der Waals surface area contributed by atoms with Crippen molar-refractivity contribution in [3.63, 3.8) is 0 Å². The fourth-order valence-corrected chi connectivity index (χ4v) is 9.83. The number of halogens is 1. The molecule has 0 aromatic carbocycles. The molecule has 194 valence electrons. The zero-order chi connectivity index (χ0) is 24.7. The van der Waals surface area contributed by atoms with Crippen LogP contribution in [0.15, 0.2) is 0 Å². The van der Waals surface area contributed by atoms with Gasteiger partial charge in [-0.25, -0.2) is 0 Å². The van der Waals surface area contributed by atoms with E-state index in [1.165, 1.54) is 57.8 Å². The first-order valence-corrected chi connectivity index (χ1v) is 15.5. The molecule has 4 heteroatoms. The van der Waals surface area contributed by atoms with Gasteiger partial charge in [-0.15, -0.1) is 0 Å². The highest BCUT2D eigenvalue weighted by molar-refractivity contribution is 9.09. The molecule has 4 fully saturated rings. The summed E-state index contributed by atoms with van der Waals surface area (Å²) < 4.78 is 5.08. The van der Waals surface area contributed by atoms with E-state index >= 15 is 0 Å². The molecule has 4 aliphatic carbocycles. The number of carbonyl (C=O) groups is 2. The SMILES string of the molecule is CC(C)CCC[C@@H](C)[C@H]1CC[C@H]2[C@@H]3CC[C@H]4C[C@@H](C(=O)OC(=O)CBr)CC[C@]4(C)[C@H]3CC[C@]12C. The van der Waals surface area contributed by atoms with Crippen molar-refractivity contribution >= 4 is 27.9 Å². The van der Waals surface area contributed by atoms with Gasteiger partial charge >= 0.3 is 11.9 Å². The van der Waals surface area contributed by atoms with E-state index in [1.54, 1.807) is 0 Å². The van der Waals surface area contributed by atoms with Crippen molar-refractivity contribution in [2.24, 2.45) is 58.2 Å². The first kappa shape index (κ1) is 26.7. The van der Waals surface area contributed by atoms with Crippen LogP contribution >= 0.6 is 15.9 Å². The summed E-state index contributed by atoms with van der Waals surface area (Å²) in [6.07, 6.45) is 15.4. The summed E-state index contributed by atoms with van der Waals surface area (Å²) in [7, 11) is 0. The summed E-state index contributed by atoms with van der Waals surface area (Å²) in [5, 5.41) is 0.0911. The second kappa shape index (κ2) is 10.5. The Morgan fingerprint density at radius 3 is 2.32 bits per heavy atom. The maximum absolute atomic E-state index is 12.6. The summed E-state index contributed by atoms with van der Waals surface area (Å²) >= 11 is 3.10. The lowest BCUT2D eigenvalue weighted by molar-refractivity contribution is -0.166. The number of alkyl halides is 1. The molecular weight excluding hydrogens is 488 g/mol. The zero-order valence-electron chi connectivity index (χ0n) is 22.4. The lowest BCUT2D eigenvalue weighted by Gasteiger charge is -2.61. The highest BCUT2D eigenvalue weighted by Crippen LogP contribution is 2.68. The summed E-state index contributed by atoms with van der Waals surface area (Å²) in [5.74, 6) is 4.98. The highest BCUT2D eigenvalue weighted by atomic mass is 79.9. The number of hydrogen-bond acceptors (Lipinski definition) is 3. The van der Waals surface area contributed by atoms with Crippen LogP contribution in [-0.2, 0) is 14.3 Å². The van der Waals surface area contributed by atoms with E-state index in [0.29, 0.717) is 16.7 Å². The van der Waals surface area contributed by atoms with Gasteiger partial charge in [-0.2, -0.15) is 0 Å². The molecule has 0 heterocycles. The zero-order valence-corrected chi connectivity index (χ0v) is 24.0. The van der Waals surface area contributed by atoms with Gasteiger partial charge in [0, 0.05) is 0 Å². The van der Waals surface area contributed by atoms with E-state index in [-0.39, 0.29) is 17.2 Å². The van der Waals surface area contributed by atoms with Crippen LogP contribution < -0.4 is 0 Å². The van der Waals surface area contributed by atoms with Gasteiger partial charge in [-0.3, -0.25) is 9.59 Å². The Bertz CT molecular complexity index is 749. The molecule has 0 aromatic rings. The van der Waals surface area contributed by atoms with Crippen LogP contribution in [0.2, 0.25) is 0 Å². The van der Waals surface area contributed by atoms with E-state index < -0.39 is 5.97 Å². The number of hydrogen-bond donors (Lipinski definition) is 0.